The third-order valence-corrected chi connectivity index (χ3v) is 2.56. The van der Waals surface area contributed by atoms with E-state index in [1.165, 1.54) is 16.7 Å². The molecular weight excluding hydrogens is 232 g/mol. The van der Waals surface area contributed by atoms with Gasteiger partial charge in [0.05, 0.1) is 0 Å². The Morgan fingerprint density at radius 3 is 1.40 bits per heavy atom. The number of allylic oxidation sites excluding steroid dienone is 4. The van der Waals surface area contributed by atoms with E-state index in [-0.39, 0.29) is 22.5 Å². The van der Waals surface area contributed by atoms with Crippen molar-refractivity contribution >= 4 is 13.6 Å². The van der Waals surface area contributed by atoms with Gasteiger partial charge in [-0.25, -0.2) is 5.57 Å². The largest absolute Gasteiger partial charge is 0.307 e. The van der Waals surface area contributed by atoms with E-state index < -0.39 is 0 Å². The number of hydrogen-bond donors (Lipinski definition) is 0. The van der Waals surface area contributed by atoms with Crippen LogP contribution in [0.25, 0.3) is 0 Å². The summed E-state index contributed by atoms with van der Waals surface area (Å²) in [6.07, 6.45) is 3.44. The molecule has 1 aliphatic carbocycles. The smallest absolute Gasteiger partial charge is 0.106 e. The quantitative estimate of drug-likeness (QED) is 0.490. The van der Waals surface area contributed by atoms with Gasteiger partial charge >= 0.3 is 0 Å². The molecule has 0 aromatic carbocycles. The van der Waals surface area contributed by atoms with E-state index in [9.17, 15) is 0 Å². The van der Waals surface area contributed by atoms with Crippen molar-refractivity contribution in [2.24, 2.45) is 5.41 Å². The van der Waals surface area contributed by atoms with Crippen molar-refractivity contribution in [2.45, 2.75) is 34.6 Å². The van der Waals surface area contributed by atoms with Crippen molar-refractivity contribution in [1.29, 1.82) is 0 Å². The van der Waals surface area contributed by atoms with E-state index in [1.807, 2.05) is 13.6 Å². The van der Waals surface area contributed by atoms with E-state index in [0.717, 1.165) is 0 Å². The molecular formula is C12H19FeO2-. The van der Waals surface area contributed by atoms with Crippen LogP contribution in [-0.2, 0) is 26.7 Å². The van der Waals surface area contributed by atoms with Crippen LogP contribution in [0.4, 0.5) is 0 Å². The summed E-state index contributed by atoms with van der Waals surface area (Å²) in [5, 5.41) is 0. The predicted octanol–water partition coefficient (Wildman–Crippen LogP) is 2.74. The second-order valence-electron chi connectivity index (χ2n) is 3.62. The average Bonchev–Trinajstić information content (AvgIpc) is 2.36. The first-order valence-electron chi connectivity index (χ1n) is 4.33. The van der Waals surface area contributed by atoms with Crippen LogP contribution in [-0.4, -0.2) is 13.6 Å². The van der Waals surface area contributed by atoms with E-state index in [4.69, 9.17) is 9.59 Å². The minimum Gasteiger partial charge on any atom is -0.307 e. The van der Waals surface area contributed by atoms with Crippen LogP contribution in [0.1, 0.15) is 34.6 Å². The Bertz CT molecular complexity index is 250. The molecule has 0 amide bonds. The summed E-state index contributed by atoms with van der Waals surface area (Å²) >= 11 is 0. The second-order valence-corrected chi connectivity index (χ2v) is 3.62. The van der Waals surface area contributed by atoms with Gasteiger partial charge in [0.1, 0.15) is 13.6 Å². The maximum absolute atomic E-state index is 8.00. The summed E-state index contributed by atoms with van der Waals surface area (Å²) < 4.78 is 0. The zero-order valence-electron chi connectivity index (χ0n) is 10.1. The Hall–Kier alpha value is -0.661. The minimum absolute atomic E-state index is 0. The maximum atomic E-state index is 8.00. The summed E-state index contributed by atoms with van der Waals surface area (Å²) in [6, 6.07) is 0. The topological polar surface area (TPSA) is 34.1 Å². The van der Waals surface area contributed by atoms with Crippen LogP contribution in [0.3, 0.4) is 0 Å². The monoisotopic (exact) mass is 251 g/mol. The van der Waals surface area contributed by atoms with Crippen LogP contribution in [0, 0.1) is 11.5 Å². The molecule has 0 radical (unpaired) electrons. The zero-order chi connectivity index (χ0) is 11.9. The van der Waals surface area contributed by atoms with Gasteiger partial charge in [0.2, 0.25) is 0 Å². The first-order valence-corrected chi connectivity index (χ1v) is 4.33. The second kappa shape index (κ2) is 8.63. The van der Waals surface area contributed by atoms with Crippen molar-refractivity contribution < 1.29 is 26.7 Å². The fourth-order valence-electron chi connectivity index (χ4n) is 1.41. The van der Waals surface area contributed by atoms with Gasteiger partial charge < -0.3 is 9.59 Å². The zero-order valence-corrected chi connectivity index (χ0v) is 11.2. The van der Waals surface area contributed by atoms with E-state index >= 15 is 0 Å². The molecule has 0 spiro atoms. The molecule has 0 aromatic rings. The Morgan fingerprint density at radius 2 is 1.33 bits per heavy atom. The molecule has 1 rings (SSSR count). The molecule has 0 bridgehead atoms. The normalized spacial score (nSPS) is 16.2. The standard InChI is InChI=1S/C10H15.2CH2O.Fe/c1-7-6-10(4,5)9(3)8(7)2;2*1-2;/h1-5H3;2*1H2;/q-1;;;. The Kier molecular flexibility index (Phi) is 11.4. The number of hydrogen-bond acceptors (Lipinski definition) is 2. The summed E-state index contributed by atoms with van der Waals surface area (Å²) in [5.74, 6) is 0. The molecule has 2 nitrogen and oxygen atoms in total. The summed E-state index contributed by atoms with van der Waals surface area (Å²) in [6.45, 7) is 14.9. The van der Waals surface area contributed by atoms with E-state index in [1.54, 1.807) is 0 Å². The fraction of sp³-hybridized carbons (Fsp3) is 0.500. The van der Waals surface area contributed by atoms with Crippen LogP contribution < -0.4 is 0 Å². The molecule has 0 saturated heterocycles. The molecule has 15 heavy (non-hydrogen) atoms. The third kappa shape index (κ3) is 5.10. The molecule has 0 aliphatic heterocycles. The number of carbonyl (C=O) groups is 2. The van der Waals surface area contributed by atoms with Crippen molar-refractivity contribution in [3.05, 3.63) is 22.8 Å². The van der Waals surface area contributed by atoms with Gasteiger partial charge in [-0.1, -0.05) is 33.1 Å². The summed E-state index contributed by atoms with van der Waals surface area (Å²) in [7, 11) is 0. The van der Waals surface area contributed by atoms with Crippen molar-refractivity contribution in [3.63, 3.8) is 0 Å². The SMILES string of the molecule is C=O.C=O.CC1=[C-]C(C)(C)C(C)=C1C.[Fe]. The first kappa shape index (κ1) is 19.8. The molecule has 0 N–H and O–H groups in total. The van der Waals surface area contributed by atoms with Gasteiger partial charge in [0.25, 0.3) is 0 Å². The molecule has 0 atom stereocenters. The van der Waals surface area contributed by atoms with Gasteiger partial charge in [-0.15, -0.1) is 6.92 Å². The fourth-order valence-corrected chi connectivity index (χ4v) is 1.41. The van der Waals surface area contributed by atoms with E-state index in [2.05, 4.69) is 40.7 Å². The Morgan fingerprint density at radius 1 is 1.00 bits per heavy atom. The molecule has 0 aromatic heterocycles. The first-order chi connectivity index (χ1) is 6.45. The minimum atomic E-state index is 0. The molecule has 0 unspecified atom stereocenters. The molecule has 0 heterocycles. The Labute approximate surface area is 103 Å². The van der Waals surface area contributed by atoms with Gasteiger partial charge in [-0.2, -0.15) is 11.1 Å². The van der Waals surface area contributed by atoms with Gasteiger partial charge in [0.15, 0.2) is 0 Å². The maximum Gasteiger partial charge on any atom is 0.106 e. The molecule has 0 fully saturated rings. The Balaban J connectivity index is -0.000000258. The van der Waals surface area contributed by atoms with E-state index in [0.29, 0.717) is 0 Å². The molecule has 1 aliphatic rings. The van der Waals surface area contributed by atoms with Gasteiger partial charge in [-0.3, -0.25) is 6.08 Å². The summed E-state index contributed by atoms with van der Waals surface area (Å²) in [4.78, 5) is 16.0. The van der Waals surface area contributed by atoms with Gasteiger partial charge in [0, 0.05) is 17.1 Å². The number of rotatable bonds is 0. The molecule has 0 saturated carbocycles. The van der Waals surface area contributed by atoms with Gasteiger partial charge in [-0.05, 0) is 0 Å². The predicted molar refractivity (Wildman–Crippen MR) is 58.8 cm³/mol. The average molecular weight is 251 g/mol. The molecule has 88 valence electrons. The third-order valence-electron chi connectivity index (χ3n) is 2.56. The van der Waals surface area contributed by atoms with Crippen LogP contribution in [0.15, 0.2) is 16.7 Å². The van der Waals surface area contributed by atoms with Crippen LogP contribution in [0.5, 0.6) is 0 Å². The van der Waals surface area contributed by atoms with Crippen molar-refractivity contribution in [3.8, 4) is 0 Å². The molecule has 3 heteroatoms. The van der Waals surface area contributed by atoms with Crippen molar-refractivity contribution in [2.75, 3.05) is 0 Å². The number of carbonyl (C=O) groups excluding carboxylic acids is 2. The summed E-state index contributed by atoms with van der Waals surface area (Å²) in [5.41, 5.74) is 4.39. The van der Waals surface area contributed by atoms with Crippen LogP contribution in [0.2, 0.25) is 0 Å². The van der Waals surface area contributed by atoms with Crippen molar-refractivity contribution in [1.82, 2.24) is 0 Å². The van der Waals surface area contributed by atoms with Crippen LogP contribution >= 0.6 is 0 Å².